The van der Waals surface area contributed by atoms with E-state index in [4.69, 9.17) is 0 Å². The zero-order valence-electron chi connectivity index (χ0n) is 14.9. The Morgan fingerprint density at radius 3 is 2.84 bits per heavy atom. The van der Waals surface area contributed by atoms with Crippen molar-refractivity contribution in [2.75, 3.05) is 18.0 Å². The first-order valence-corrected chi connectivity index (χ1v) is 8.81. The molecule has 6 nitrogen and oxygen atoms in total. The number of hydrogen-bond acceptors (Lipinski definition) is 4. The summed E-state index contributed by atoms with van der Waals surface area (Å²) in [6.07, 6.45) is 1.25. The maximum Gasteiger partial charge on any atom is 0.249 e. The number of rotatable bonds is 5. The number of benzene rings is 1. The lowest BCUT2D eigenvalue weighted by molar-refractivity contribution is -0.130. The maximum absolute atomic E-state index is 12.3. The highest BCUT2D eigenvalue weighted by Crippen LogP contribution is 2.20. The molecule has 0 bridgehead atoms. The molecule has 134 valence electrons. The lowest BCUT2D eigenvalue weighted by Crippen LogP contribution is -2.51. The third kappa shape index (κ3) is 4.39. The van der Waals surface area contributed by atoms with Crippen LogP contribution >= 0.6 is 0 Å². The molecule has 1 amide bonds. The molecule has 1 saturated heterocycles. The van der Waals surface area contributed by atoms with Crippen LogP contribution in [-0.2, 0) is 18.3 Å². The molecule has 0 aliphatic carbocycles. The molecule has 0 radical (unpaired) electrons. The summed E-state index contributed by atoms with van der Waals surface area (Å²) in [7, 11) is 1.94. The first-order chi connectivity index (χ1) is 12.0. The molecule has 0 spiro atoms. The zero-order chi connectivity index (χ0) is 17.8. The fourth-order valence-corrected chi connectivity index (χ4v) is 3.42. The second kappa shape index (κ2) is 7.70. The second-order valence-electron chi connectivity index (χ2n) is 6.77. The van der Waals surface area contributed by atoms with Gasteiger partial charge in [-0.05, 0) is 25.3 Å². The molecule has 1 aliphatic heterocycles. The predicted octanol–water partition coefficient (Wildman–Crippen LogP) is 1.42. The SMILES string of the molecule is Cc1cc(N2CCC[C@@H](NC(=O)[C@@H](O)Cc3ccccc3)C2)n(C)n1. The summed E-state index contributed by atoms with van der Waals surface area (Å²) in [5.41, 5.74) is 1.95. The van der Waals surface area contributed by atoms with Crippen LogP contribution in [-0.4, -0.2) is 46.0 Å². The number of aliphatic hydroxyl groups is 1. The topological polar surface area (TPSA) is 70.4 Å². The molecule has 1 aromatic carbocycles. The smallest absolute Gasteiger partial charge is 0.249 e. The standard InChI is InChI=1S/C19H26N4O2/c1-14-11-18(22(2)21-14)23-10-6-9-16(13-23)20-19(25)17(24)12-15-7-4-3-5-8-15/h3-5,7-8,11,16-17,24H,6,9-10,12-13H2,1-2H3,(H,20,25)/t16-,17+/m1/s1. The summed E-state index contributed by atoms with van der Waals surface area (Å²) in [5, 5.41) is 17.6. The summed E-state index contributed by atoms with van der Waals surface area (Å²) in [5.74, 6) is 0.776. The summed E-state index contributed by atoms with van der Waals surface area (Å²) in [4.78, 5) is 14.6. The Balaban J connectivity index is 1.56. The fourth-order valence-electron chi connectivity index (χ4n) is 3.42. The minimum atomic E-state index is -1.02. The van der Waals surface area contributed by atoms with Gasteiger partial charge in [-0.3, -0.25) is 9.48 Å². The van der Waals surface area contributed by atoms with Gasteiger partial charge >= 0.3 is 0 Å². The number of aliphatic hydroxyl groups excluding tert-OH is 1. The Morgan fingerprint density at radius 1 is 1.40 bits per heavy atom. The van der Waals surface area contributed by atoms with E-state index in [1.807, 2.05) is 49.0 Å². The second-order valence-corrected chi connectivity index (χ2v) is 6.77. The highest BCUT2D eigenvalue weighted by Gasteiger charge is 2.25. The molecule has 2 heterocycles. The van der Waals surface area contributed by atoms with Gasteiger partial charge in [-0.1, -0.05) is 30.3 Å². The molecule has 2 N–H and O–H groups in total. The number of carbonyl (C=O) groups is 1. The molecule has 0 saturated carbocycles. The third-order valence-corrected chi connectivity index (χ3v) is 4.64. The number of amides is 1. The highest BCUT2D eigenvalue weighted by atomic mass is 16.3. The molecule has 0 unspecified atom stereocenters. The van der Waals surface area contributed by atoms with Crippen LogP contribution in [0.25, 0.3) is 0 Å². The molecule has 2 atom stereocenters. The monoisotopic (exact) mass is 342 g/mol. The van der Waals surface area contributed by atoms with Gasteiger partial charge in [0.05, 0.1) is 5.69 Å². The van der Waals surface area contributed by atoms with Crippen molar-refractivity contribution in [1.82, 2.24) is 15.1 Å². The van der Waals surface area contributed by atoms with Crippen LogP contribution in [0.2, 0.25) is 0 Å². The van der Waals surface area contributed by atoms with Crippen LogP contribution in [0, 0.1) is 6.92 Å². The van der Waals surface area contributed by atoms with Crippen molar-refractivity contribution in [3.63, 3.8) is 0 Å². The lowest BCUT2D eigenvalue weighted by atomic mass is 10.0. The van der Waals surface area contributed by atoms with Crippen molar-refractivity contribution in [2.45, 2.75) is 38.3 Å². The van der Waals surface area contributed by atoms with E-state index >= 15 is 0 Å². The number of aromatic nitrogens is 2. The van der Waals surface area contributed by atoms with E-state index in [-0.39, 0.29) is 11.9 Å². The van der Waals surface area contributed by atoms with Crippen molar-refractivity contribution in [1.29, 1.82) is 0 Å². The summed E-state index contributed by atoms with van der Waals surface area (Å²) in [6.45, 7) is 3.67. The Morgan fingerprint density at radius 2 is 2.16 bits per heavy atom. The molecular formula is C19H26N4O2. The van der Waals surface area contributed by atoms with Gasteiger partial charge in [0.1, 0.15) is 11.9 Å². The molecular weight excluding hydrogens is 316 g/mol. The zero-order valence-corrected chi connectivity index (χ0v) is 14.9. The molecule has 1 fully saturated rings. The first-order valence-electron chi connectivity index (χ1n) is 8.81. The Labute approximate surface area is 148 Å². The van der Waals surface area contributed by atoms with Crippen LogP contribution in [0.15, 0.2) is 36.4 Å². The Kier molecular flexibility index (Phi) is 5.38. The molecule has 25 heavy (non-hydrogen) atoms. The van der Waals surface area contributed by atoms with Crippen LogP contribution in [0.5, 0.6) is 0 Å². The number of aryl methyl sites for hydroxylation is 2. The number of anilines is 1. The van der Waals surface area contributed by atoms with Gasteiger partial charge in [0.2, 0.25) is 5.91 Å². The van der Waals surface area contributed by atoms with Crippen LogP contribution in [0.4, 0.5) is 5.82 Å². The average molecular weight is 342 g/mol. The van der Waals surface area contributed by atoms with E-state index in [1.54, 1.807) is 0 Å². The van der Waals surface area contributed by atoms with Gasteiger partial charge in [0, 0.05) is 38.7 Å². The number of hydrogen-bond donors (Lipinski definition) is 2. The van der Waals surface area contributed by atoms with Crippen molar-refractivity contribution < 1.29 is 9.90 Å². The van der Waals surface area contributed by atoms with E-state index in [9.17, 15) is 9.90 Å². The van der Waals surface area contributed by atoms with Gasteiger partial charge in [-0.2, -0.15) is 5.10 Å². The first kappa shape index (κ1) is 17.5. The summed E-state index contributed by atoms with van der Waals surface area (Å²) in [6, 6.07) is 11.7. The van der Waals surface area contributed by atoms with Crippen molar-refractivity contribution >= 4 is 11.7 Å². The van der Waals surface area contributed by atoms with Crippen LogP contribution < -0.4 is 10.2 Å². The quantitative estimate of drug-likeness (QED) is 0.862. The third-order valence-electron chi connectivity index (χ3n) is 4.64. The highest BCUT2D eigenvalue weighted by molar-refractivity contribution is 5.81. The predicted molar refractivity (Wildman–Crippen MR) is 97.5 cm³/mol. The number of piperidine rings is 1. The Bertz CT molecular complexity index is 713. The van der Waals surface area contributed by atoms with Crippen LogP contribution in [0.1, 0.15) is 24.1 Å². The Hall–Kier alpha value is -2.34. The normalized spacial score (nSPS) is 18.8. The van der Waals surface area contributed by atoms with E-state index in [0.29, 0.717) is 6.42 Å². The van der Waals surface area contributed by atoms with Crippen molar-refractivity contribution in [3.05, 3.63) is 47.7 Å². The largest absolute Gasteiger partial charge is 0.383 e. The average Bonchev–Trinajstić information content (AvgIpc) is 2.94. The lowest BCUT2D eigenvalue weighted by Gasteiger charge is -2.34. The molecule has 3 rings (SSSR count). The van der Waals surface area contributed by atoms with E-state index in [0.717, 1.165) is 43.0 Å². The van der Waals surface area contributed by atoms with E-state index in [2.05, 4.69) is 21.4 Å². The van der Waals surface area contributed by atoms with Gasteiger partial charge in [0.25, 0.3) is 0 Å². The summed E-state index contributed by atoms with van der Waals surface area (Å²) >= 11 is 0. The van der Waals surface area contributed by atoms with Crippen LogP contribution in [0.3, 0.4) is 0 Å². The van der Waals surface area contributed by atoms with Gasteiger partial charge in [-0.25, -0.2) is 0 Å². The summed E-state index contributed by atoms with van der Waals surface area (Å²) < 4.78 is 1.88. The van der Waals surface area contributed by atoms with E-state index in [1.165, 1.54) is 0 Å². The fraction of sp³-hybridized carbons (Fsp3) is 0.474. The number of nitrogens with one attached hydrogen (secondary N) is 1. The van der Waals surface area contributed by atoms with Gasteiger partial charge in [-0.15, -0.1) is 0 Å². The maximum atomic E-state index is 12.3. The molecule has 6 heteroatoms. The number of carbonyl (C=O) groups excluding carboxylic acids is 1. The van der Waals surface area contributed by atoms with Gasteiger partial charge < -0.3 is 15.3 Å². The molecule has 2 aromatic rings. The minimum absolute atomic E-state index is 0.0434. The van der Waals surface area contributed by atoms with Crippen molar-refractivity contribution in [2.24, 2.45) is 7.05 Å². The van der Waals surface area contributed by atoms with Crippen molar-refractivity contribution in [3.8, 4) is 0 Å². The minimum Gasteiger partial charge on any atom is -0.383 e. The molecule has 1 aliphatic rings. The van der Waals surface area contributed by atoms with E-state index < -0.39 is 6.10 Å². The molecule has 1 aromatic heterocycles. The number of nitrogens with zero attached hydrogens (tertiary/aromatic N) is 3. The van der Waals surface area contributed by atoms with Gasteiger partial charge in [0.15, 0.2) is 0 Å².